The van der Waals surface area contributed by atoms with Crippen molar-refractivity contribution < 1.29 is 4.79 Å². The van der Waals surface area contributed by atoms with Gasteiger partial charge in [0.15, 0.2) is 0 Å². The summed E-state index contributed by atoms with van der Waals surface area (Å²) in [5, 5.41) is 5.01. The van der Waals surface area contributed by atoms with Crippen LogP contribution in [0, 0.1) is 0 Å². The molecule has 1 aliphatic heterocycles. The Bertz CT molecular complexity index is 439. The number of pyridine rings is 1. The second kappa shape index (κ2) is 6.02. The van der Waals surface area contributed by atoms with E-state index in [1.807, 2.05) is 0 Å². The van der Waals surface area contributed by atoms with Crippen LogP contribution in [0.3, 0.4) is 0 Å². The van der Waals surface area contributed by atoms with Crippen LogP contribution in [0.1, 0.15) is 43.5 Å². The average Bonchev–Trinajstić information content (AvgIpc) is 2.42. The molecule has 1 saturated heterocycles. The molecular weight excluding hydrogens is 240 g/mol. The molecule has 104 valence electrons. The minimum atomic E-state index is -0.0990. The molecule has 0 saturated carbocycles. The van der Waals surface area contributed by atoms with E-state index in [2.05, 4.69) is 34.6 Å². The predicted molar refractivity (Wildman–Crippen MR) is 75.9 cm³/mol. The lowest BCUT2D eigenvalue weighted by Gasteiger charge is -2.38. The van der Waals surface area contributed by atoms with Crippen molar-refractivity contribution in [2.24, 2.45) is 0 Å². The van der Waals surface area contributed by atoms with Crippen LogP contribution in [0.15, 0.2) is 18.3 Å². The van der Waals surface area contributed by atoms with E-state index in [1.165, 1.54) is 6.42 Å². The molecule has 0 aromatic carbocycles. The first kappa shape index (κ1) is 13.8. The summed E-state index contributed by atoms with van der Waals surface area (Å²) in [6, 6.07) is 4.32. The Morgan fingerprint density at radius 1 is 1.37 bits per heavy atom. The smallest absolute Gasteiger partial charge is 0.269 e. The molecule has 2 rings (SSSR count). The number of piperidine rings is 1. The number of anilines is 1. The van der Waals surface area contributed by atoms with Crippen LogP contribution in [-0.4, -0.2) is 35.0 Å². The minimum Gasteiger partial charge on any atom is -0.372 e. The molecule has 2 atom stereocenters. The molecule has 5 heteroatoms. The van der Waals surface area contributed by atoms with Gasteiger partial charge in [0.2, 0.25) is 0 Å². The standard InChI is InChI=1S/C14H22N4O/c1-10-6-4-7-11(2)18(10)17-14(19)12-8-5-9-16-13(12)15-3/h5,8-11H,4,6-7H2,1-3H3,(H,15,16)(H,17,19). The summed E-state index contributed by atoms with van der Waals surface area (Å²) < 4.78 is 0. The molecule has 2 unspecified atom stereocenters. The lowest BCUT2D eigenvalue weighted by atomic mass is 10.00. The summed E-state index contributed by atoms with van der Waals surface area (Å²) in [5.41, 5.74) is 3.60. The van der Waals surface area contributed by atoms with E-state index in [0.29, 0.717) is 23.5 Å². The molecular formula is C14H22N4O. The summed E-state index contributed by atoms with van der Waals surface area (Å²) in [6.45, 7) is 4.30. The van der Waals surface area contributed by atoms with Gasteiger partial charge in [-0.05, 0) is 38.8 Å². The first-order valence-electron chi connectivity index (χ1n) is 6.85. The number of amides is 1. The summed E-state index contributed by atoms with van der Waals surface area (Å²) in [7, 11) is 1.77. The fourth-order valence-corrected chi connectivity index (χ4v) is 2.61. The highest BCUT2D eigenvalue weighted by Gasteiger charge is 2.27. The van der Waals surface area contributed by atoms with Crippen LogP contribution in [0.5, 0.6) is 0 Å². The van der Waals surface area contributed by atoms with E-state index in [-0.39, 0.29) is 5.91 Å². The van der Waals surface area contributed by atoms with Crippen molar-refractivity contribution in [3.05, 3.63) is 23.9 Å². The van der Waals surface area contributed by atoms with Crippen molar-refractivity contribution in [2.75, 3.05) is 12.4 Å². The third-order valence-electron chi connectivity index (χ3n) is 3.71. The number of carbonyl (C=O) groups excluding carboxylic acids is 1. The number of hydrazine groups is 1. The molecule has 5 nitrogen and oxygen atoms in total. The number of hydrogen-bond donors (Lipinski definition) is 2. The molecule has 2 N–H and O–H groups in total. The van der Waals surface area contributed by atoms with E-state index >= 15 is 0 Å². The van der Waals surface area contributed by atoms with Gasteiger partial charge in [0, 0.05) is 25.3 Å². The van der Waals surface area contributed by atoms with Gasteiger partial charge in [-0.3, -0.25) is 10.2 Å². The highest BCUT2D eigenvalue weighted by atomic mass is 16.2. The fourth-order valence-electron chi connectivity index (χ4n) is 2.61. The topological polar surface area (TPSA) is 57.3 Å². The van der Waals surface area contributed by atoms with Crippen LogP contribution < -0.4 is 10.7 Å². The minimum absolute atomic E-state index is 0.0990. The number of carbonyl (C=O) groups is 1. The Morgan fingerprint density at radius 2 is 2.05 bits per heavy atom. The molecule has 1 aromatic rings. The van der Waals surface area contributed by atoms with Gasteiger partial charge in [0.1, 0.15) is 5.82 Å². The zero-order chi connectivity index (χ0) is 13.8. The maximum atomic E-state index is 12.4. The Labute approximate surface area is 114 Å². The zero-order valence-electron chi connectivity index (χ0n) is 11.8. The second-order valence-corrected chi connectivity index (χ2v) is 5.13. The number of nitrogens with one attached hydrogen (secondary N) is 2. The van der Waals surface area contributed by atoms with Gasteiger partial charge in [0.05, 0.1) is 5.56 Å². The van der Waals surface area contributed by atoms with Gasteiger partial charge in [-0.1, -0.05) is 6.42 Å². The van der Waals surface area contributed by atoms with E-state index in [1.54, 1.807) is 25.4 Å². The van der Waals surface area contributed by atoms with Gasteiger partial charge >= 0.3 is 0 Å². The molecule has 1 aliphatic rings. The van der Waals surface area contributed by atoms with Gasteiger partial charge in [-0.15, -0.1) is 0 Å². The van der Waals surface area contributed by atoms with Crippen LogP contribution in [0.2, 0.25) is 0 Å². The number of rotatable bonds is 3. The molecule has 0 bridgehead atoms. The van der Waals surface area contributed by atoms with E-state index in [9.17, 15) is 4.79 Å². The second-order valence-electron chi connectivity index (χ2n) is 5.13. The molecule has 0 spiro atoms. The van der Waals surface area contributed by atoms with Gasteiger partial charge in [0.25, 0.3) is 5.91 Å². The van der Waals surface area contributed by atoms with Crippen molar-refractivity contribution in [2.45, 2.75) is 45.2 Å². The Hall–Kier alpha value is -1.62. The highest BCUT2D eigenvalue weighted by molar-refractivity contribution is 5.98. The van der Waals surface area contributed by atoms with E-state index in [4.69, 9.17) is 0 Å². The summed E-state index contributed by atoms with van der Waals surface area (Å²) >= 11 is 0. The third kappa shape index (κ3) is 3.04. The Balaban J connectivity index is 2.11. The van der Waals surface area contributed by atoms with Crippen molar-refractivity contribution in [1.82, 2.24) is 15.4 Å². The first-order chi connectivity index (χ1) is 9.13. The average molecular weight is 262 g/mol. The highest BCUT2D eigenvalue weighted by Crippen LogP contribution is 2.21. The monoisotopic (exact) mass is 262 g/mol. The van der Waals surface area contributed by atoms with Crippen LogP contribution in [-0.2, 0) is 0 Å². The number of aromatic nitrogens is 1. The van der Waals surface area contributed by atoms with Crippen molar-refractivity contribution in [3.63, 3.8) is 0 Å². The summed E-state index contributed by atoms with van der Waals surface area (Å²) in [5.74, 6) is 0.510. The summed E-state index contributed by atoms with van der Waals surface area (Å²) in [6.07, 6.45) is 5.14. The largest absolute Gasteiger partial charge is 0.372 e. The van der Waals surface area contributed by atoms with Crippen molar-refractivity contribution in [3.8, 4) is 0 Å². The molecule has 0 aliphatic carbocycles. The number of nitrogens with zero attached hydrogens (tertiary/aromatic N) is 2. The quantitative estimate of drug-likeness (QED) is 0.875. The third-order valence-corrected chi connectivity index (χ3v) is 3.71. The van der Waals surface area contributed by atoms with E-state index in [0.717, 1.165) is 12.8 Å². The molecule has 1 aromatic heterocycles. The summed E-state index contributed by atoms with van der Waals surface area (Å²) in [4.78, 5) is 16.5. The van der Waals surface area contributed by atoms with Crippen LogP contribution in [0.4, 0.5) is 5.82 Å². The van der Waals surface area contributed by atoms with Gasteiger partial charge in [-0.25, -0.2) is 9.99 Å². The van der Waals surface area contributed by atoms with Crippen LogP contribution in [0.25, 0.3) is 0 Å². The zero-order valence-corrected chi connectivity index (χ0v) is 11.8. The lowest BCUT2D eigenvalue weighted by molar-refractivity contribution is 0.0370. The van der Waals surface area contributed by atoms with Crippen molar-refractivity contribution >= 4 is 11.7 Å². The lowest BCUT2D eigenvalue weighted by Crippen LogP contribution is -2.54. The molecule has 1 fully saturated rings. The van der Waals surface area contributed by atoms with Gasteiger partial charge in [-0.2, -0.15) is 0 Å². The van der Waals surface area contributed by atoms with Gasteiger partial charge < -0.3 is 5.32 Å². The fraction of sp³-hybridized carbons (Fsp3) is 0.571. The maximum absolute atomic E-state index is 12.4. The Kier molecular flexibility index (Phi) is 4.37. The van der Waals surface area contributed by atoms with Crippen LogP contribution >= 0.6 is 0 Å². The predicted octanol–water partition coefficient (Wildman–Crippen LogP) is 2.03. The van der Waals surface area contributed by atoms with E-state index < -0.39 is 0 Å². The molecule has 19 heavy (non-hydrogen) atoms. The maximum Gasteiger partial charge on any atom is 0.269 e. The SMILES string of the molecule is CNc1ncccc1C(=O)NN1C(C)CCCC1C. The molecule has 1 amide bonds. The normalized spacial score (nSPS) is 23.9. The molecule has 2 heterocycles. The number of hydrogen-bond acceptors (Lipinski definition) is 4. The molecule has 0 radical (unpaired) electrons. The Morgan fingerprint density at radius 3 is 2.68 bits per heavy atom. The van der Waals surface area contributed by atoms with Crippen molar-refractivity contribution in [1.29, 1.82) is 0 Å². The first-order valence-corrected chi connectivity index (χ1v) is 6.85.